The first-order chi connectivity index (χ1) is 8.97. The van der Waals surface area contributed by atoms with Gasteiger partial charge >= 0.3 is 11.9 Å². The molecule has 6 heteroatoms. The van der Waals surface area contributed by atoms with Crippen molar-refractivity contribution >= 4 is 17.8 Å². The number of carboxylic acid groups (broad SMARTS) is 1. The number of carboxylic acids is 1. The molecule has 0 spiro atoms. The Kier molecular flexibility index (Phi) is 4.46. The summed E-state index contributed by atoms with van der Waals surface area (Å²) in [5.74, 6) is -2.83. The maximum absolute atomic E-state index is 11.9. The van der Waals surface area contributed by atoms with Crippen LogP contribution in [0.4, 0.5) is 0 Å². The monoisotopic (exact) mass is 285 g/mol. The SMILES string of the molecule is CC(C)(C)OC(=O)CCNC(=O)C1C(C(=O)O)C1(C)C. The highest BCUT2D eigenvalue weighted by molar-refractivity contribution is 5.91. The normalized spacial score (nSPS) is 23.9. The molecule has 0 aromatic rings. The summed E-state index contributed by atoms with van der Waals surface area (Å²) in [5.41, 5.74) is -1.07. The maximum atomic E-state index is 11.9. The Morgan fingerprint density at radius 2 is 1.75 bits per heavy atom. The van der Waals surface area contributed by atoms with Crippen LogP contribution < -0.4 is 5.32 Å². The summed E-state index contributed by atoms with van der Waals surface area (Å²) >= 11 is 0. The Labute approximate surface area is 118 Å². The van der Waals surface area contributed by atoms with Crippen molar-refractivity contribution in [2.45, 2.75) is 46.6 Å². The van der Waals surface area contributed by atoms with Gasteiger partial charge in [-0.25, -0.2) is 0 Å². The highest BCUT2D eigenvalue weighted by Gasteiger charge is 2.65. The van der Waals surface area contributed by atoms with Crippen LogP contribution in [0.25, 0.3) is 0 Å². The number of carbonyl (C=O) groups excluding carboxylic acids is 2. The Morgan fingerprint density at radius 1 is 1.20 bits per heavy atom. The van der Waals surface area contributed by atoms with Gasteiger partial charge in [-0.05, 0) is 26.2 Å². The van der Waals surface area contributed by atoms with Gasteiger partial charge in [-0.2, -0.15) is 0 Å². The highest BCUT2D eigenvalue weighted by atomic mass is 16.6. The lowest BCUT2D eigenvalue weighted by atomic mass is 10.1. The molecule has 1 fully saturated rings. The molecule has 6 nitrogen and oxygen atoms in total. The van der Waals surface area contributed by atoms with Crippen molar-refractivity contribution in [1.29, 1.82) is 0 Å². The molecule has 2 N–H and O–H groups in total. The Morgan fingerprint density at radius 3 is 2.15 bits per heavy atom. The van der Waals surface area contributed by atoms with Crippen LogP contribution in [0.15, 0.2) is 0 Å². The first kappa shape index (κ1) is 16.5. The van der Waals surface area contributed by atoms with Crippen LogP contribution in [-0.2, 0) is 19.1 Å². The number of hydrogen-bond donors (Lipinski definition) is 2. The minimum atomic E-state index is -0.956. The summed E-state index contributed by atoms with van der Waals surface area (Å²) in [7, 11) is 0. The van der Waals surface area contributed by atoms with Gasteiger partial charge < -0.3 is 15.2 Å². The van der Waals surface area contributed by atoms with Gasteiger partial charge in [0.1, 0.15) is 5.60 Å². The molecule has 0 heterocycles. The third kappa shape index (κ3) is 3.95. The zero-order valence-corrected chi connectivity index (χ0v) is 12.6. The van der Waals surface area contributed by atoms with Crippen molar-refractivity contribution in [2.24, 2.45) is 17.3 Å². The van der Waals surface area contributed by atoms with Crippen LogP contribution in [0, 0.1) is 17.3 Å². The molecule has 0 radical (unpaired) electrons. The zero-order chi connectivity index (χ0) is 15.7. The third-order valence-electron chi connectivity index (χ3n) is 3.42. The van der Waals surface area contributed by atoms with Crippen molar-refractivity contribution in [3.63, 3.8) is 0 Å². The molecule has 1 rings (SSSR count). The average molecular weight is 285 g/mol. The van der Waals surface area contributed by atoms with Crippen LogP contribution in [0.1, 0.15) is 41.0 Å². The van der Waals surface area contributed by atoms with Crippen molar-refractivity contribution < 1.29 is 24.2 Å². The Balaban J connectivity index is 2.36. The lowest BCUT2D eigenvalue weighted by molar-refractivity contribution is -0.154. The number of rotatable bonds is 5. The Hall–Kier alpha value is -1.59. The summed E-state index contributed by atoms with van der Waals surface area (Å²) in [4.78, 5) is 34.3. The summed E-state index contributed by atoms with van der Waals surface area (Å²) in [6, 6.07) is 0. The molecule has 2 unspecified atom stereocenters. The number of esters is 1. The molecule has 20 heavy (non-hydrogen) atoms. The second kappa shape index (κ2) is 5.42. The number of ether oxygens (including phenoxy) is 1. The zero-order valence-electron chi connectivity index (χ0n) is 12.6. The van der Waals surface area contributed by atoms with Gasteiger partial charge in [-0.3, -0.25) is 14.4 Å². The fourth-order valence-electron chi connectivity index (χ4n) is 2.38. The molecule has 1 aliphatic rings. The first-order valence-electron chi connectivity index (χ1n) is 6.69. The number of nitrogens with one attached hydrogen (secondary N) is 1. The minimum absolute atomic E-state index is 0.0773. The van der Waals surface area contributed by atoms with Crippen LogP contribution in [-0.4, -0.2) is 35.1 Å². The summed E-state index contributed by atoms with van der Waals surface area (Å²) in [5, 5.41) is 11.6. The van der Waals surface area contributed by atoms with Gasteiger partial charge in [0.25, 0.3) is 0 Å². The second-order valence-electron chi connectivity index (χ2n) is 6.74. The van der Waals surface area contributed by atoms with E-state index in [0.717, 1.165) is 0 Å². The smallest absolute Gasteiger partial charge is 0.308 e. The summed E-state index contributed by atoms with van der Waals surface area (Å²) in [6.07, 6.45) is 0.0773. The fourth-order valence-corrected chi connectivity index (χ4v) is 2.38. The Bertz CT molecular complexity index is 422. The van der Waals surface area contributed by atoms with E-state index >= 15 is 0 Å². The summed E-state index contributed by atoms with van der Waals surface area (Å²) in [6.45, 7) is 8.98. The van der Waals surface area contributed by atoms with E-state index in [1.54, 1.807) is 34.6 Å². The average Bonchev–Trinajstić information content (AvgIpc) is 2.78. The first-order valence-corrected chi connectivity index (χ1v) is 6.69. The molecule has 0 aromatic carbocycles. The van der Waals surface area contributed by atoms with Gasteiger partial charge in [0.2, 0.25) is 5.91 Å². The predicted molar refractivity (Wildman–Crippen MR) is 71.9 cm³/mol. The van der Waals surface area contributed by atoms with E-state index in [9.17, 15) is 14.4 Å². The van der Waals surface area contributed by atoms with E-state index in [1.807, 2.05) is 0 Å². The van der Waals surface area contributed by atoms with Crippen LogP contribution in [0.3, 0.4) is 0 Å². The lowest BCUT2D eigenvalue weighted by Crippen LogP contribution is -2.31. The molecular formula is C14H23NO5. The molecule has 0 bridgehead atoms. The van der Waals surface area contributed by atoms with Crippen molar-refractivity contribution in [3.05, 3.63) is 0 Å². The van der Waals surface area contributed by atoms with Gasteiger partial charge in [-0.15, -0.1) is 0 Å². The standard InChI is InChI=1S/C14H23NO5/c1-13(2,3)20-8(16)6-7-15-11(17)9-10(12(18)19)14(9,4)5/h9-10H,6-7H2,1-5H3,(H,15,17)(H,18,19). The predicted octanol–water partition coefficient (Wildman–Crippen LogP) is 1.19. The number of aliphatic carboxylic acids is 1. The quantitative estimate of drug-likeness (QED) is 0.740. The molecule has 2 atom stereocenters. The number of amides is 1. The van der Waals surface area contributed by atoms with Crippen LogP contribution in [0.5, 0.6) is 0 Å². The number of carbonyl (C=O) groups is 3. The maximum Gasteiger partial charge on any atom is 0.308 e. The van der Waals surface area contributed by atoms with Gasteiger partial charge in [0, 0.05) is 6.54 Å². The topological polar surface area (TPSA) is 92.7 Å². The third-order valence-corrected chi connectivity index (χ3v) is 3.42. The van der Waals surface area contributed by atoms with E-state index < -0.39 is 28.8 Å². The molecule has 1 aliphatic carbocycles. The second-order valence-corrected chi connectivity index (χ2v) is 6.74. The van der Waals surface area contributed by atoms with E-state index in [4.69, 9.17) is 9.84 Å². The van der Waals surface area contributed by atoms with Crippen molar-refractivity contribution in [2.75, 3.05) is 6.54 Å². The van der Waals surface area contributed by atoms with Crippen LogP contribution >= 0.6 is 0 Å². The van der Waals surface area contributed by atoms with E-state index in [2.05, 4.69) is 5.32 Å². The van der Waals surface area contributed by atoms with Crippen molar-refractivity contribution in [3.8, 4) is 0 Å². The van der Waals surface area contributed by atoms with Crippen molar-refractivity contribution in [1.82, 2.24) is 5.32 Å². The summed E-state index contributed by atoms with van der Waals surface area (Å²) < 4.78 is 5.11. The van der Waals surface area contributed by atoms with E-state index in [0.29, 0.717) is 0 Å². The van der Waals surface area contributed by atoms with Gasteiger partial charge in [0.05, 0.1) is 18.3 Å². The molecule has 0 aliphatic heterocycles. The van der Waals surface area contributed by atoms with E-state index in [-0.39, 0.29) is 24.8 Å². The van der Waals surface area contributed by atoms with Gasteiger partial charge in [0.15, 0.2) is 0 Å². The number of hydrogen-bond acceptors (Lipinski definition) is 4. The molecule has 1 saturated carbocycles. The minimum Gasteiger partial charge on any atom is -0.481 e. The fraction of sp³-hybridized carbons (Fsp3) is 0.786. The largest absolute Gasteiger partial charge is 0.481 e. The van der Waals surface area contributed by atoms with Gasteiger partial charge in [-0.1, -0.05) is 13.8 Å². The molecule has 0 saturated heterocycles. The highest BCUT2D eigenvalue weighted by Crippen LogP contribution is 2.58. The molecule has 114 valence electrons. The van der Waals surface area contributed by atoms with Crippen LogP contribution in [0.2, 0.25) is 0 Å². The lowest BCUT2D eigenvalue weighted by Gasteiger charge is -2.19. The molecule has 1 amide bonds. The molecular weight excluding hydrogens is 262 g/mol. The van der Waals surface area contributed by atoms with E-state index in [1.165, 1.54) is 0 Å². The molecule has 0 aromatic heterocycles.